The van der Waals surface area contributed by atoms with Gasteiger partial charge in [-0.1, -0.05) is 35.9 Å². The largest absolute Gasteiger partial charge is 0.496 e. The predicted octanol–water partition coefficient (Wildman–Crippen LogP) is 5.34. The molecule has 4 rings (SSSR count). The van der Waals surface area contributed by atoms with Gasteiger partial charge >= 0.3 is 5.63 Å². The van der Waals surface area contributed by atoms with Crippen molar-refractivity contribution in [1.29, 1.82) is 0 Å². The van der Waals surface area contributed by atoms with E-state index in [1.54, 1.807) is 30.3 Å². The van der Waals surface area contributed by atoms with Crippen molar-refractivity contribution in [1.82, 2.24) is 0 Å². The van der Waals surface area contributed by atoms with Gasteiger partial charge in [-0.3, -0.25) is 4.79 Å². The summed E-state index contributed by atoms with van der Waals surface area (Å²) in [7, 11) is 1.53. The molecular weight excluding hydrogens is 378 g/mol. The first-order chi connectivity index (χ1) is 14.5. The van der Waals surface area contributed by atoms with Gasteiger partial charge in [0.15, 0.2) is 0 Å². The Labute approximate surface area is 173 Å². The van der Waals surface area contributed by atoms with E-state index in [1.165, 1.54) is 7.11 Å². The highest BCUT2D eigenvalue weighted by Gasteiger charge is 2.15. The van der Waals surface area contributed by atoms with Crippen LogP contribution < -0.4 is 15.7 Å². The predicted molar refractivity (Wildman–Crippen MR) is 118 cm³/mol. The zero-order valence-electron chi connectivity index (χ0n) is 17.0. The number of amides is 1. The molecule has 1 aromatic heterocycles. The molecule has 0 saturated carbocycles. The summed E-state index contributed by atoms with van der Waals surface area (Å²) in [4.78, 5) is 25.2. The summed E-state index contributed by atoms with van der Waals surface area (Å²) in [5, 5.41) is 3.72. The molecule has 0 aliphatic heterocycles. The number of rotatable bonds is 4. The van der Waals surface area contributed by atoms with Crippen molar-refractivity contribution in [2.75, 3.05) is 12.4 Å². The van der Waals surface area contributed by atoms with E-state index in [9.17, 15) is 9.59 Å². The van der Waals surface area contributed by atoms with E-state index in [0.717, 1.165) is 16.5 Å². The van der Waals surface area contributed by atoms with Crippen LogP contribution in [0.25, 0.3) is 22.1 Å². The Morgan fingerprint density at radius 3 is 2.50 bits per heavy atom. The SMILES string of the molecule is COc1cc(NC(=O)c2ccc(C)cc2C)ccc1-c1cc2ccccc2oc1=O. The number of nitrogens with one attached hydrogen (secondary N) is 1. The molecule has 30 heavy (non-hydrogen) atoms. The lowest BCUT2D eigenvalue weighted by atomic mass is 10.0. The number of hydrogen-bond donors (Lipinski definition) is 1. The Morgan fingerprint density at radius 1 is 0.933 bits per heavy atom. The molecule has 0 radical (unpaired) electrons. The van der Waals surface area contributed by atoms with Gasteiger partial charge in [-0.15, -0.1) is 0 Å². The van der Waals surface area contributed by atoms with Crippen LogP contribution in [0.15, 0.2) is 75.9 Å². The molecule has 4 aromatic rings. The Kier molecular flexibility index (Phi) is 5.11. The molecule has 1 N–H and O–H groups in total. The van der Waals surface area contributed by atoms with Crippen molar-refractivity contribution >= 4 is 22.6 Å². The first-order valence-corrected chi connectivity index (χ1v) is 9.56. The number of carbonyl (C=O) groups is 1. The van der Waals surface area contributed by atoms with Gasteiger partial charge in [-0.05, 0) is 49.7 Å². The van der Waals surface area contributed by atoms with E-state index in [1.807, 2.05) is 50.2 Å². The maximum atomic E-state index is 12.7. The second kappa shape index (κ2) is 7.87. The Morgan fingerprint density at radius 2 is 1.73 bits per heavy atom. The maximum absolute atomic E-state index is 12.7. The van der Waals surface area contributed by atoms with Crippen molar-refractivity contribution in [3.8, 4) is 16.9 Å². The number of methoxy groups -OCH3 is 1. The lowest BCUT2D eigenvalue weighted by Crippen LogP contribution is -2.13. The number of ether oxygens (including phenoxy) is 1. The number of anilines is 1. The third-order valence-corrected chi connectivity index (χ3v) is 5.02. The second-order valence-corrected chi connectivity index (χ2v) is 7.17. The fourth-order valence-corrected chi connectivity index (χ4v) is 3.51. The number of benzene rings is 3. The highest BCUT2D eigenvalue weighted by Crippen LogP contribution is 2.32. The van der Waals surface area contributed by atoms with Crippen LogP contribution in [0.1, 0.15) is 21.5 Å². The molecule has 0 aliphatic carbocycles. The van der Waals surface area contributed by atoms with Crippen LogP contribution in [0.3, 0.4) is 0 Å². The summed E-state index contributed by atoms with van der Waals surface area (Å²) in [6, 6.07) is 20.0. The molecule has 0 atom stereocenters. The van der Waals surface area contributed by atoms with Gasteiger partial charge in [0, 0.05) is 28.3 Å². The summed E-state index contributed by atoms with van der Waals surface area (Å²) in [6.45, 7) is 3.90. The minimum Gasteiger partial charge on any atom is -0.496 e. The summed E-state index contributed by atoms with van der Waals surface area (Å²) in [5.74, 6) is 0.267. The fourth-order valence-electron chi connectivity index (χ4n) is 3.51. The fraction of sp³-hybridized carbons (Fsp3) is 0.120. The summed E-state index contributed by atoms with van der Waals surface area (Å²) in [5.41, 5.74) is 4.28. The topological polar surface area (TPSA) is 68.5 Å². The summed E-state index contributed by atoms with van der Waals surface area (Å²) >= 11 is 0. The monoisotopic (exact) mass is 399 g/mol. The van der Waals surface area contributed by atoms with Crippen LogP contribution in [0.5, 0.6) is 5.75 Å². The normalized spacial score (nSPS) is 10.8. The van der Waals surface area contributed by atoms with Crippen molar-refractivity contribution in [3.63, 3.8) is 0 Å². The molecule has 150 valence electrons. The number of aryl methyl sites for hydroxylation is 2. The van der Waals surface area contributed by atoms with Crippen LogP contribution in [-0.4, -0.2) is 13.0 Å². The molecule has 0 unspecified atom stereocenters. The molecule has 0 spiro atoms. The number of fused-ring (bicyclic) bond motifs is 1. The Balaban J connectivity index is 1.69. The van der Waals surface area contributed by atoms with Crippen LogP contribution in [0.4, 0.5) is 5.69 Å². The van der Waals surface area contributed by atoms with Gasteiger partial charge in [-0.25, -0.2) is 4.79 Å². The first kappa shape index (κ1) is 19.5. The van der Waals surface area contributed by atoms with Crippen molar-refractivity contribution < 1.29 is 13.9 Å². The van der Waals surface area contributed by atoms with E-state index in [4.69, 9.17) is 9.15 Å². The van der Waals surface area contributed by atoms with E-state index in [-0.39, 0.29) is 5.91 Å². The molecule has 5 heteroatoms. The smallest absolute Gasteiger partial charge is 0.344 e. The van der Waals surface area contributed by atoms with Gasteiger partial charge in [-0.2, -0.15) is 0 Å². The highest BCUT2D eigenvalue weighted by atomic mass is 16.5. The summed E-state index contributed by atoms with van der Waals surface area (Å²) < 4.78 is 10.9. The molecule has 0 bridgehead atoms. The molecule has 5 nitrogen and oxygen atoms in total. The van der Waals surface area contributed by atoms with Crippen LogP contribution in [0.2, 0.25) is 0 Å². The number of hydrogen-bond acceptors (Lipinski definition) is 4. The van der Waals surface area contributed by atoms with Crippen molar-refractivity contribution in [3.05, 3.63) is 93.8 Å². The van der Waals surface area contributed by atoms with Gasteiger partial charge in [0.1, 0.15) is 11.3 Å². The standard InChI is InChI=1S/C25H21NO4/c1-15-8-10-19(16(2)12-15)24(27)26-18-9-11-20(23(14-18)29-3)21-13-17-6-4-5-7-22(17)30-25(21)28/h4-14H,1-3H3,(H,26,27). The maximum Gasteiger partial charge on any atom is 0.344 e. The molecule has 1 amide bonds. The zero-order valence-corrected chi connectivity index (χ0v) is 17.0. The number of carbonyl (C=O) groups excluding carboxylic acids is 1. The molecule has 1 heterocycles. The number of para-hydroxylation sites is 1. The molecule has 0 saturated heterocycles. The first-order valence-electron chi connectivity index (χ1n) is 9.56. The van der Waals surface area contributed by atoms with Gasteiger partial charge < -0.3 is 14.5 Å². The van der Waals surface area contributed by atoms with Crippen LogP contribution in [-0.2, 0) is 0 Å². The van der Waals surface area contributed by atoms with Gasteiger partial charge in [0.25, 0.3) is 5.91 Å². The van der Waals surface area contributed by atoms with E-state index >= 15 is 0 Å². The lowest BCUT2D eigenvalue weighted by molar-refractivity contribution is 0.102. The third-order valence-electron chi connectivity index (χ3n) is 5.02. The van der Waals surface area contributed by atoms with Crippen molar-refractivity contribution in [2.24, 2.45) is 0 Å². The van der Waals surface area contributed by atoms with Crippen molar-refractivity contribution in [2.45, 2.75) is 13.8 Å². The van der Waals surface area contributed by atoms with E-state index in [2.05, 4.69) is 5.32 Å². The minimum absolute atomic E-state index is 0.201. The Bertz CT molecular complexity index is 1320. The van der Waals surface area contributed by atoms with E-state index < -0.39 is 5.63 Å². The Hall–Kier alpha value is -3.86. The van der Waals surface area contributed by atoms with E-state index in [0.29, 0.717) is 33.7 Å². The molecule has 0 fully saturated rings. The minimum atomic E-state index is -0.445. The van der Waals surface area contributed by atoms with Gasteiger partial charge in [0.2, 0.25) is 0 Å². The summed E-state index contributed by atoms with van der Waals surface area (Å²) in [6.07, 6.45) is 0. The quantitative estimate of drug-likeness (QED) is 0.471. The molecular formula is C25H21NO4. The van der Waals surface area contributed by atoms with Crippen LogP contribution in [0, 0.1) is 13.8 Å². The van der Waals surface area contributed by atoms with Crippen LogP contribution >= 0.6 is 0 Å². The average molecular weight is 399 g/mol. The third kappa shape index (κ3) is 3.70. The zero-order chi connectivity index (χ0) is 21.3. The second-order valence-electron chi connectivity index (χ2n) is 7.17. The molecule has 0 aliphatic rings. The molecule has 3 aromatic carbocycles. The highest BCUT2D eigenvalue weighted by molar-refractivity contribution is 6.05. The van der Waals surface area contributed by atoms with Gasteiger partial charge in [0.05, 0.1) is 12.7 Å². The average Bonchev–Trinajstić information content (AvgIpc) is 2.73. The lowest BCUT2D eigenvalue weighted by Gasteiger charge is -2.12.